The van der Waals surface area contributed by atoms with Crippen molar-refractivity contribution in [1.29, 1.82) is 0 Å². The standard InChI is InChI=1S/C14H18BrNO4/c1-8(2)12(16-14(18)19)7-9-4-5-10(11(15)6-9)13(17)20-3/h4-6,8,12,16H,7H2,1-3H3,(H,18,19). The Morgan fingerprint density at radius 3 is 2.50 bits per heavy atom. The van der Waals surface area contributed by atoms with Gasteiger partial charge in [0, 0.05) is 10.5 Å². The maximum absolute atomic E-state index is 11.5. The van der Waals surface area contributed by atoms with Gasteiger partial charge >= 0.3 is 12.1 Å². The Bertz CT molecular complexity index is 502. The maximum atomic E-state index is 11.5. The molecule has 1 aromatic rings. The van der Waals surface area contributed by atoms with Gasteiger partial charge in [-0.15, -0.1) is 0 Å². The molecular formula is C14H18BrNO4. The summed E-state index contributed by atoms with van der Waals surface area (Å²) in [5.41, 5.74) is 1.39. The van der Waals surface area contributed by atoms with E-state index >= 15 is 0 Å². The fraction of sp³-hybridized carbons (Fsp3) is 0.429. The molecule has 0 fully saturated rings. The summed E-state index contributed by atoms with van der Waals surface area (Å²) in [7, 11) is 1.33. The second-order valence-electron chi connectivity index (χ2n) is 4.81. The van der Waals surface area contributed by atoms with Crippen molar-refractivity contribution >= 4 is 28.0 Å². The number of rotatable bonds is 5. The number of carbonyl (C=O) groups is 2. The van der Waals surface area contributed by atoms with Crippen LogP contribution in [-0.4, -0.2) is 30.3 Å². The molecule has 0 saturated carbocycles. The SMILES string of the molecule is COC(=O)c1ccc(CC(NC(=O)O)C(C)C)cc1Br. The first kappa shape index (κ1) is 16.5. The molecule has 1 rings (SSSR count). The number of amides is 1. The molecule has 0 bridgehead atoms. The second-order valence-corrected chi connectivity index (χ2v) is 5.66. The van der Waals surface area contributed by atoms with Crippen molar-refractivity contribution in [3.63, 3.8) is 0 Å². The Morgan fingerprint density at radius 1 is 1.40 bits per heavy atom. The molecule has 20 heavy (non-hydrogen) atoms. The molecule has 2 N–H and O–H groups in total. The Morgan fingerprint density at radius 2 is 2.05 bits per heavy atom. The Kier molecular flexibility index (Phi) is 6.01. The van der Waals surface area contributed by atoms with E-state index < -0.39 is 12.1 Å². The lowest BCUT2D eigenvalue weighted by molar-refractivity contribution is 0.0599. The summed E-state index contributed by atoms with van der Waals surface area (Å²) in [6, 6.07) is 5.10. The van der Waals surface area contributed by atoms with E-state index in [4.69, 9.17) is 5.11 Å². The van der Waals surface area contributed by atoms with Gasteiger partial charge in [0.25, 0.3) is 0 Å². The molecule has 0 aliphatic rings. The first-order valence-electron chi connectivity index (χ1n) is 6.21. The molecule has 0 saturated heterocycles. The molecule has 6 heteroatoms. The van der Waals surface area contributed by atoms with Gasteiger partial charge in [0.1, 0.15) is 0 Å². The molecule has 0 radical (unpaired) electrons. The van der Waals surface area contributed by atoms with Crippen LogP contribution in [-0.2, 0) is 11.2 Å². The van der Waals surface area contributed by atoms with Crippen LogP contribution in [0.5, 0.6) is 0 Å². The molecule has 0 aromatic heterocycles. The average Bonchev–Trinajstić information content (AvgIpc) is 2.36. The molecule has 5 nitrogen and oxygen atoms in total. The largest absolute Gasteiger partial charge is 0.465 e. The number of benzene rings is 1. The zero-order valence-corrected chi connectivity index (χ0v) is 13.2. The van der Waals surface area contributed by atoms with E-state index in [1.165, 1.54) is 7.11 Å². The lowest BCUT2D eigenvalue weighted by Gasteiger charge is -2.21. The smallest absolute Gasteiger partial charge is 0.404 e. The van der Waals surface area contributed by atoms with Gasteiger partial charge in [0.15, 0.2) is 0 Å². The summed E-state index contributed by atoms with van der Waals surface area (Å²) in [5, 5.41) is 11.3. The van der Waals surface area contributed by atoms with Crippen molar-refractivity contribution in [3.05, 3.63) is 33.8 Å². The van der Waals surface area contributed by atoms with Crippen molar-refractivity contribution in [2.75, 3.05) is 7.11 Å². The molecule has 0 aliphatic heterocycles. The number of hydrogen-bond acceptors (Lipinski definition) is 3. The molecule has 0 spiro atoms. The molecule has 1 unspecified atom stereocenters. The zero-order chi connectivity index (χ0) is 15.3. The van der Waals surface area contributed by atoms with Crippen LogP contribution in [0.15, 0.2) is 22.7 Å². The van der Waals surface area contributed by atoms with E-state index in [1.54, 1.807) is 12.1 Å². The maximum Gasteiger partial charge on any atom is 0.404 e. The monoisotopic (exact) mass is 343 g/mol. The lowest BCUT2D eigenvalue weighted by Crippen LogP contribution is -2.39. The van der Waals surface area contributed by atoms with Gasteiger partial charge in [-0.05, 0) is 46.0 Å². The van der Waals surface area contributed by atoms with Crippen molar-refractivity contribution in [1.82, 2.24) is 5.32 Å². The number of esters is 1. The van der Waals surface area contributed by atoms with E-state index in [0.29, 0.717) is 16.5 Å². The molecule has 110 valence electrons. The van der Waals surface area contributed by atoms with E-state index in [-0.39, 0.29) is 12.0 Å². The van der Waals surface area contributed by atoms with Gasteiger partial charge in [0.2, 0.25) is 0 Å². The molecule has 1 atom stereocenters. The minimum absolute atomic E-state index is 0.171. The first-order valence-corrected chi connectivity index (χ1v) is 7.00. The minimum Gasteiger partial charge on any atom is -0.465 e. The zero-order valence-electron chi connectivity index (χ0n) is 11.6. The highest BCUT2D eigenvalue weighted by atomic mass is 79.9. The summed E-state index contributed by atoms with van der Waals surface area (Å²) in [5.74, 6) is -0.238. The van der Waals surface area contributed by atoms with Crippen LogP contribution in [0.2, 0.25) is 0 Å². The summed E-state index contributed by atoms with van der Waals surface area (Å²) in [6.07, 6.45) is -0.474. The first-order chi connectivity index (χ1) is 9.35. The summed E-state index contributed by atoms with van der Waals surface area (Å²) < 4.78 is 5.31. The highest BCUT2D eigenvalue weighted by molar-refractivity contribution is 9.10. The van der Waals surface area contributed by atoms with Crippen LogP contribution in [0.1, 0.15) is 29.8 Å². The number of carbonyl (C=O) groups excluding carboxylic acids is 1. The summed E-state index contributed by atoms with van der Waals surface area (Å²) in [4.78, 5) is 22.3. The number of nitrogens with one attached hydrogen (secondary N) is 1. The fourth-order valence-corrected chi connectivity index (χ4v) is 2.42. The third kappa shape index (κ3) is 4.52. The van der Waals surface area contributed by atoms with E-state index in [2.05, 4.69) is 26.0 Å². The number of methoxy groups -OCH3 is 1. The summed E-state index contributed by atoms with van der Waals surface area (Å²) >= 11 is 3.33. The number of hydrogen-bond donors (Lipinski definition) is 2. The normalized spacial score (nSPS) is 12.1. The van der Waals surface area contributed by atoms with Gasteiger partial charge in [-0.25, -0.2) is 9.59 Å². The predicted molar refractivity (Wildman–Crippen MR) is 79.0 cm³/mol. The van der Waals surface area contributed by atoms with Crippen molar-refractivity contribution < 1.29 is 19.4 Å². The molecule has 0 aliphatic carbocycles. The Hall–Kier alpha value is -1.56. The van der Waals surface area contributed by atoms with Crippen molar-refractivity contribution in [2.24, 2.45) is 5.92 Å². The lowest BCUT2D eigenvalue weighted by atomic mass is 9.96. The summed E-state index contributed by atoms with van der Waals surface area (Å²) in [6.45, 7) is 3.91. The van der Waals surface area contributed by atoms with Gasteiger partial charge in [0.05, 0.1) is 12.7 Å². The van der Waals surface area contributed by atoms with E-state index in [1.807, 2.05) is 19.9 Å². The van der Waals surface area contributed by atoms with E-state index in [9.17, 15) is 9.59 Å². The minimum atomic E-state index is -1.03. The average molecular weight is 344 g/mol. The number of halogens is 1. The number of ether oxygens (including phenoxy) is 1. The van der Waals surface area contributed by atoms with E-state index in [0.717, 1.165) is 5.56 Å². The van der Waals surface area contributed by atoms with Crippen LogP contribution >= 0.6 is 15.9 Å². The topological polar surface area (TPSA) is 75.6 Å². The van der Waals surface area contributed by atoms with Crippen LogP contribution in [0.25, 0.3) is 0 Å². The predicted octanol–water partition coefficient (Wildman–Crippen LogP) is 3.07. The molecule has 0 heterocycles. The van der Waals surface area contributed by atoms with Crippen LogP contribution in [0.3, 0.4) is 0 Å². The Labute approximate surface area is 126 Å². The van der Waals surface area contributed by atoms with Crippen molar-refractivity contribution in [3.8, 4) is 0 Å². The Balaban J connectivity index is 2.89. The van der Waals surface area contributed by atoms with Gasteiger partial charge in [-0.2, -0.15) is 0 Å². The van der Waals surface area contributed by atoms with Crippen molar-refractivity contribution in [2.45, 2.75) is 26.3 Å². The third-order valence-corrected chi connectivity index (χ3v) is 3.66. The van der Waals surface area contributed by atoms with Crippen LogP contribution in [0.4, 0.5) is 4.79 Å². The van der Waals surface area contributed by atoms with Gasteiger partial charge in [-0.3, -0.25) is 0 Å². The second kappa shape index (κ2) is 7.28. The van der Waals surface area contributed by atoms with Gasteiger partial charge < -0.3 is 15.2 Å². The molecular weight excluding hydrogens is 326 g/mol. The molecule has 1 aromatic carbocycles. The number of carboxylic acid groups (broad SMARTS) is 1. The highest BCUT2D eigenvalue weighted by Crippen LogP contribution is 2.21. The van der Waals surface area contributed by atoms with Crippen LogP contribution < -0.4 is 5.32 Å². The highest BCUT2D eigenvalue weighted by Gasteiger charge is 2.17. The quantitative estimate of drug-likeness (QED) is 0.805. The van der Waals surface area contributed by atoms with Gasteiger partial charge in [-0.1, -0.05) is 19.9 Å². The fourth-order valence-electron chi connectivity index (χ4n) is 1.83. The molecule has 1 amide bonds. The third-order valence-electron chi connectivity index (χ3n) is 3.01. The van der Waals surface area contributed by atoms with Crippen LogP contribution in [0, 0.1) is 5.92 Å².